The number of aryl methyl sites for hydroxylation is 2. The van der Waals surface area contributed by atoms with Gasteiger partial charge >= 0.3 is 5.69 Å². The van der Waals surface area contributed by atoms with Gasteiger partial charge in [0, 0.05) is 30.3 Å². The van der Waals surface area contributed by atoms with Gasteiger partial charge in [0.05, 0.1) is 0 Å². The van der Waals surface area contributed by atoms with E-state index in [1.54, 1.807) is 19.1 Å². The number of ketones is 1. The molecule has 0 atom stereocenters. The fourth-order valence-corrected chi connectivity index (χ4v) is 1.96. The molecule has 0 radical (unpaired) electrons. The van der Waals surface area contributed by atoms with Crippen molar-refractivity contribution in [3.05, 3.63) is 68.5 Å². The number of H-pyrrole nitrogens is 1. The molecule has 2 rings (SSSR count). The van der Waals surface area contributed by atoms with E-state index in [1.807, 2.05) is 18.2 Å². The number of aromatic nitrogens is 2. The van der Waals surface area contributed by atoms with Crippen molar-refractivity contribution in [2.45, 2.75) is 26.3 Å². The summed E-state index contributed by atoms with van der Waals surface area (Å²) in [5.74, 6) is 0.0554. The largest absolute Gasteiger partial charge is 0.328 e. The van der Waals surface area contributed by atoms with Crippen LogP contribution in [0.15, 0.2) is 46.1 Å². The van der Waals surface area contributed by atoms with Crippen molar-refractivity contribution < 1.29 is 4.79 Å². The molecule has 0 saturated heterocycles. The summed E-state index contributed by atoms with van der Waals surface area (Å²) < 4.78 is 1.43. The van der Waals surface area contributed by atoms with Crippen LogP contribution in [0.3, 0.4) is 0 Å². The van der Waals surface area contributed by atoms with E-state index in [-0.39, 0.29) is 11.3 Å². The van der Waals surface area contributed by atoms with Gasteiger partial charge in [-0.25, -0.2) is 4.79 Å². The average Bonchev–Trinajstić information content (AvgIpc) is 2.45. The molecule has 1 N–H and O–H groups in total. The van der Waals surface area contributed by atoms with Crippen molar-refractivity contribution in [3.63, 3.8) is 0 Å². The molecule has 0 spiro atoms. The molecule has 2 aromatic rings. The van der Waals surface area contributed by atoms with Crippen molar-refractivity contribution in [3.8, 4) is 0 Å². The molecular formula is C15H16N2O3. The smallest absolute Gasteiger partial charge is 0.300 e. The van der Waals surface area contributed by atoms with Crippen molar-refractivity contribution in [2.24, 2.45) is 0 Å². The first-order valence-electron chi connectivity index (χ1n) is 6.46. The lowest BCUT2D eigenvalue weighted by Gasteiger charge is -2.05. The van der Waals surface area contributed by atoms with Crippen molar-refractivity contribution in [2.75, 3.05) is 0 Å². The molecule has 5 nitrogen and oxygen atoms in total. The second-order valence-corrected chi connectivity index (χ2v) is 4.66. The molecule has 0 amide bonds. The van der Waals surface area contributed by atoms with E-state index in [1.165, 1.54) is 10.8 Å². The third-order valence-corrected chi connectivity index (χ3v) is 3.09. The molecule has 0 aliphatic heterocycles. The number of aromatic amines is 1. The highest BCUT2D eigenvalue weighted by molar-refractivity contribution is 5.95. The minimum Gasteiger partial charge on any atom is -0.300 e. The second-order valence-electron chi connectivity index (χ2n) is 4.66. The highest BCUT2D eigenvalue weighted by atomic mass is 16.2. The van der Waals surface area contributed by atoms with Gasteiger partial charge in [0.1, 0.15) is 0 Å². The molecule has 1 aromatic heterocycles. The maximum Gasteiger partial charge on any atom is 0.328 e. The SMILES string of the molecule is Cc1cn(CCCC(=O)c2ccccc2)c(=O)[nH]c1=O. The first kappa shape index (κ1) is 14.0. The summed E-state index contributed by atoms with van der Waals surface area (Å²) in [6, 6.07) is 9.06. The van der Waals surface area contributed by atoms with E-state index >= 15 is 0 Å². The van der Waals surface area contributed by atoms with Crippen LogP contribution in [0.25, 0.3) is 0 Å². The number of nitrogens with zero attached hydrogens (tertiary/aromatic N) is 1. The van der Waals surface area contributed by atoms with Crippen LogP contribution in [0.1, 0.15) is 28.8 Å². The molecule has 104 valence electrons. The fraction of sp³-hybridized carbons (Fsp3) is 0.267. The van der Waals surface area contributed by atoms with Gasteiger partial charge in [0.15, 0.2) is 5.78 Å². The zero-order chi connectivity index (χ0) is 14.5. The number of nitrogens with one attached hydrogen (secondary N) is 1. The van der Waals surface area contributed by atoms with Crippen LogP contribution in [0.4, 0.5) is 0 Å². The minimum atomic E-state index is -0.437. The van der Waals surface area contributed by atoms with Gasteiger partial charge in [-0.3, -0.25) is 14.6 Å². The highest BCUT2D eigenvalue weighted by Gasteiger charge is 2.06. The van der Waals surface area contributed by atoms with Crippen molar-refractivity contribution in [1.29, 1.82) is 0 Å². The molecule has 0 fully saturated rings. The third kappa shape index (κ3) is 3.32. The van der Waals surface area contributed by atoms with Gasteiger partial charge in [0.2, 0.25) is 0 Å². The zero-order valence-electron chi connectivity index (χ0n) is 11.3. The minimum absolute atomic E-state index is 0.0554. The number of carbonyl (C=O) groups excluding carboxylic acids is 1. The van der Waals surface area contributed by atoms with Crippen molar-refractivity contribution >= 4 is 5.78 Å². The van der Waals surface area contributed by atoms with Gasteiger partial charge < -0.3 is 4.57 Å². The lowest BCUT2D eigenvalue weighted by atomic mass is 10.1. The van der Waals surface area contributed by atoms with Crippen LogP contribution in [-0.2, 0) is 6.54 Å². The lowest BCUT2D eigenvalue weighted by Crippen LogP contribution is -2.30. The summed E-state index contributed by atoms with van der Waals surface area (Å²) in [6.45, 7) is 2.05. The summed E-state index contributed by atoms with van der Waals surface area (Å²) in [6.07, 6.45) is 2.45. The summed E-state index contributed by atoms with van der Waals surface area (Å²) in [5.41, 5.74) is 0.357. The lowest BCUT2D eigenvalue weighted by molar-refractivity contribution is 0.0978. The standard InChI is InChI=1S/C15H16N2O3/c1-11-10-17(15(20)16-14(11)19)9-5-8-13(18)12-6-3-2-4-7-12/h2-4,6-7,10H,5,8-9H2,1H3,(H,16,19,20). The Bertz CT molecular complexity index is 714. The van der Waals surface area contributed by atoms with Crippen LogP contribution < -0.4 is 11.2 Å². The van der Waals surface area contributed by atoms with E-state index in [9.17, 15) is 14.4 Å². The Labute approximate surface area is 115 Å². The van der Waals surface area contributed by atoms with Crippen LogP contribution in [0.5, 0.6) is 0 Å². The van der Waals surface area contributed by atoms with Gasteiger partial charge in [-0.05, 0) is 13.3 Å². The summed E-state index contributed by atoms with van der Waals surface area (Å²) in [4.78, 5) is 36.9. The molecule has 0 unspecified atom stereocenters. The molecule has 1 heterocycles. The van der Waals surface area contributed by atoms with Crippen LogP contribution in [-0.4, -0.2) is 15.3 Å². The maximum absolute atomic E-state index is 11.9. The predicted molar refractivity (Wildman–Crippen MR) is 76.1 cm³/mol. The predicted octanol–water partition coefficient (Wildman–Crippen LogP) is 1.51. The number of hydrogen-bond donors (Lipinski definition) is 1. The van der Waals surface area contributed by atoms with E-state index in [0.29, 0.717) is 30.5 Å². The highest BCUT2D eigenvalue weighted by Crippen LogP contribution is 2.05. The molecule has 1 aromatic carbocycles. The Morgan fingerprint density at radius 2 is 1.90 bits per heavy atom. The maximum atomic E-state index is 11.9. The third-order valence-electron chi connectivity index (χ3n) is 3.09. The Morgan fingerprint density at radius 1 is 1.20 bits per heavy atom. The zero-order valence-corrected chi connectivity index (χ0v) is 11.3. The topological polar surface area (TPSA) is 71.9 Å². The van der Waals surface area contributed by atoms with E-state index < -0.39 is 5.69 Å². The molecule has 5 heteroatoms. The van der Waals surface area contributed by atoms with Crippen LogP contribution in [0.2, 0.25) is 0 Å². The molecule has 20 heavy (non-hydrogen) atoms. The molecule has 0 saturated carbocycles. The summed E-state index contributed by atoms with van der Waals surface area (Å²) in [7, 11) is 0. The van der Waals surface area contributed by atoms with Gasteiger partial charge in [-0.1, -0.05) is 30.3 Å². The molecular weight excluding hydrogens is 256 g/mol. The average molecular weight is 272 g/mol. The fourth-order valence-electron chi connectivity index (χ4n) is 1.96. The number of Topliss-reactive ketones (excluding diaryl/α,β-unsaturated/α-hetero) is 1. The Balaban J connectivity index is 1.97. The summed E-state index contributed by atoms with van der Waals surface area (Å²) in [5, 5.41) is 0. The Kier molecular flexibility index (Phi) is 4.30. The number of rotatable bonds is 5. The van der Waals surface area contributed by atoms with Crippen LogP contribution >= 0.6 is 0 Å². The number of hydrogen-bond acceptors (Lipinski definition) is 3. The number of benzene rings is 1. The quantitative estimate of drug-likeness (QED) is 0.838. The first-order chi connectivity index (χ1) is 9.58. The monoisotopic (exact) mass is 272 g/mol. The van der Waals surface area contributed by atoms with Gasteiger partial charge in [0.25, 0.3) is 5.56 Å². The van der Waals surface area contributed by atoms with E-state index in [2.05, 4.69) is 4.98 Å². The van der Waals surface area contributed by atoms with E-state index in [4.69, 9.17) is 0 Å². The van der Waals surface area contributed by atoms with Crippen molar-refractivity contribution in [1.82, 2.24) is 9.55 Å². The normalized spacial score (nSPS) is 10.4. The molecule has 0 bridgehead atoms. The summed E-state index contributed by atoms with van der Waals surface area (Å²) >= 11 is 0. The van der Waals surface area contributed by atoms with Gasteiger partial charge in [-0.2, -0.15) is 0 Å². The first-order valence-corrected chi connectivity index (χ1v) is 6.46. The molecule has 0 aliphatic rings. The number of carbonyl (C=O) groups is 1. The van der Waals surface area contributed by atoms with Crippen LogP contribution in [0, 0.1) is 6.92 Å². The van der Waals surface area contributed by atoms with E-state index in [0.717, 1.165) is 0 Å². The van der Waals surface area contributed by atoms with Gasteiger partial charge in [-0.15, -0.1) is 0 Å². The second kappa shape index (κ2) is 6.14. The Hall–Kier alpha value is -2.43. The Morgan fingerprint density at radius 3 is 2.60 bits per heavy atom. The molecule has 0 aliphatic carbocycles.